The molecule has 0 aliphatic carbocycles. The first-order chi connectivity index (χ1) is 15.1. The van der Waals surface area contributed by atoms with Gasteiger partial charge in [-0.1, -0.05) is 37.1 Å². The highest BCUT2D eigenvalue weighted by molar-refractivity contribution is 7.98. The number of carbonyl (C=O) groups is 1. The van der Waals surface area contributed by atoms with Gasteiger partial charge in [-0.15, -0.1) is 11.8 Å². The first kappa shape index (κ1) is 23.2. The number of halogens is 1. The van der Waals surface area contributed by atoms with E-state index in [1.54, 1.807) is 11.8 Å². The first-order valence-corrected chi connectivity index (χ1v) is 12.0. The zero-order chi connectivity index (χ0) is 22.1. The lowest BCUT2D eigenvalue weighted by Gasteiger charge is -2.13. The zero-order valence-corrected chi connectivity index (χ0v) is 19.6. The van der Waals surface area contributed by atoms with Crippen LogP contribution in [-0.4, -0.2) is 12.5 Å². The molecule has 0 spiro atoms. The molecule has 0 radical (unpaired) electrons. The van der Waals surface area contributed by atoms with Gasteiger partial charge < -0.3 is 10.1 Å². The van der Waals surface area contributed by atoms with Gasteiger partial charge in [0.25, 0.3) is 5.91 Å². The van der Waals surface area contributed by atoms with E-state index < -0.39 is 0 Å². The molecule has 31 heavy (non-hydrogen) atoms. The number of benzene rings is 3. The molecule has 0 unspecified atom stereocenters. The Bertz CT molecular complexity index is 987. The van der Waals surface area contributed by atoms with Crippen molar-refractivity contribution in [3.8, 4) is 5.75 Å². The van der Waals surface area contributed by atoms with Crippen molar-refractivity contribution in [3.05, 3.63) is 88.4 Å². The van der Waals surface area contributed by atoms with Crippen molar-refractivity contribution in [3.63, 3.8) is 0 Å². The lowest BCUT2D eigenvalue weighted by molar-refractivity contribution is 0.102. The van der Waals surface area contributed by atoms with Crippen LogP contribution in [0, 0.1) is 0 Å². The van der Waals surface area contributed by atoms with Crippen molar-refractivity contribution >= 4 is 35.0 Å². The Hall–Kier alpha value is -2.43. The fourth-order valence-electron chi connectivity index (χ4n) is 3.16. The van der Waals surface area contributed by atoms with Crippen LogP contribution in [0.2, 0.25) is 5.02 Å². The van der Waals surface area contributed by atoms with E-state index >= 15 is 0 Å². The monoisotopic (exact) mass is 453 g/mol. The number of aryl methyl sites for hydroxylation is 1. The SMILES string of the molecule is CCCCc1ccc(NC(=O)c2ccc(OCC)c(CSc3ccc(Cl)cc3)c2)cc1. The quantitative estimate of drug-likeness (QED) is 0.321. The summed E-state index contributed by atoms with van der Waals surface area (Å²) < 4.78 is 5.78. The number of unbranched alkanes of at least 4 members (excludes halogenated alkanes) is 1. The minimum absolute atomic E-state index is 0.123. The minimum Gasteiger partial charge on any atom is -0.494 e. The van der Waals surface area contributed by atoms with E-state index in [0.717, 1.165) is 33.3 Å². The highest BCUT2D eigenvalue weighted by Crippen LogP contribution is 2.30. The maximum absolute atomic E-state index is 12.8. The maximum Gasteiger partial charge on any atom is 0.255 e. The molecular formula is C26H28ClNO2S. The second-order valence-electron chi connectivity index (χ2n) is 7.25. The molecule has 3 rings (SSSR count). The number of nitrogens with one attached hydrogen (secondary N) is 1. The molecule has 0 saturated carbocycles. The summed E-state index contributed by atoms with van der Waals surface area (Å²) >= 11 is 7.66. The van der Waals surface area contributed by atoms with E-state index in [1.807, 2.05) is 61.5 Å². The molecule has 0 saturated heterocycles. The predicted molar refractivity (Wildman–Crippen MR) is 132 cm³/mol. The molecule has 0 heterocycles. The Morgan fingerprint density at radius 3 is 2.42 bits per heavy atom. The van der Waals surface area contributed by atoms with Crippen molar-refractivity contribution in [2.24, 2.45) is 0 Å². The van der Waals surface area contributed by atoms with Crippen LogP contribution in [-0.2, 0) is 12.2 Å². The molecule has 0 aliphatic heterocycles. The van der Waals surface area contributed by atoms with Crippen LogP contribution in [0.4, 0.5) is 5.69 Å². The van der Waals surface area contributed by atoms with Crippen molar-refractivity contribution in [1.82, 2.24) is 0 Å². The van der Waals surface area contributed by atoms with Gasteiger partial charge in [0.05, 0.1) is 6.61 Å². The normalized spacial score (nSPS) is 10.7. The average Bonchev–Trinajstić information content (AvgIpc) is 2.79. The number of ether oxygens (including phenoxy) is 1. The largest absolute Gasteiger partial charge is 0.494 e. The molecule has 0 aliphatic rings. The summed E-state index contributed by atoms with van der Waals surface area (Å²) in [5.41, 5.74) is 3.70. The van der Waals surface area contributed by atoms with Crippen LogP contribution in [0.15, 0.2) is 71.6 Å². The smallest absolute Gasteiger partial charge is 0.255 e. The fraction of sp³-hybridized carbons (Fsp3) is 0.269. The molecule has 0 fully saturated rings. The van der Waals surface area contributed by atoms with Crippen molar-refractivity contribution in [1.29, 1.82) is 0 Å². The van der Waals surface area contributed by atoms with Gasteiger partial charge in [0.15, 0.2) is 0 Å². The van der Waals surface area contributed by atoms with Crippen molar-refractivity contribution < 1.29 is 9.53 Å². The summed E-state index contributed by atoms with van der Waals surface area (Å²) in [5.74, 6) is 1.38. The van der Waals surface area contributed by atoms with Crippen LogP contribution in [0.3, 0.4) is 0 Å². The molecule has 5 heteroatoms. The summed E-state index contributed by atoms with van der Waals surface area (Å²) in [6.07, 6.45) is 3.42. The predicted octanol–water partition coefficient (Wildman–Crippen LogP) is 7.63. The number of rotatable bonds is 10. The van der Waals surface area contributed by atoms with Crippen LogP contribution >= 0.6 is 23.4 Å². The Balaban J connectivity index is 1.70. The number of hydrogen-bond donors (Lipinski definition) is 1. The van der Waals surface area contributed by atoms with E-state index in [0.29, 0.717) is 17.9 Å². The van der Waals surface area contributed by atoms with Gasteiger partial charge in [0.1, 0.15) is 5.75 Å². The van der Waals surface area contributed by atoms with Gasteiger partial charge in [-0.3, -0.25) is 4.79 Å². The third kappa shape index (κ3) is 7.05. The van der Waals surface area contributed by atoms with E-state index in [1.165, 1.54) is 18.4 Å². The van der Waals surface area contributed by atoms with Gasteiger partial charge >= 0.3 is 0 Å². The van der Waals surface area contributed by atoms with Crippen LogP contribution in [0.5, 0.6) is 5.75 Å². The minimum atomic E-state index is -0.123. The van der Waals surface area contributed by atoms with E-state index in [-0.39, 0.29) is 5.91 Å². The van der Waals surface area contributed by atoms with E-state index in [9.17, 15) is 4.79 Å². The number of amides is 1. The number of carbonyl (C=O) groups excluding carboxylic acids is 1. The Morgan fingerprint density at radius 1 is 1.00 bits per heavy atom. The van der Waals surface area contributed by atoms with Crippen LogP contribution in [0.1, 0.15) is 48.2 Å². The first-order valence-electron chi connectivity index (χ1n) is 10.6. The molecule has 0 aromatic heterocycles. The second-order valence-corrected chi connectivity index (χ2v) is 8.74. The molecule has 0 atom stereocenters. The van der Waals surface area contributed by atoms with Crippen LogP contribution in [0.25, 0.3) is 0 Å². The summed E-state index contributed by atoms with van der Waals surface area (Å²) in [7, 11) is 0. The number of anilines is 1. The van der Waals surface area contributed by atoms with Crippen LogP contribution < -0.4 is 10.1 Å². The highest BCUT2D eigenvalue weighted by atomic mass is 35.5. The van der Waals surface area contributed by atoms with Crippen molar-refractivity contribution in [2.75, 3.05) is 11.9 Å². The Labute approximate surface area is 194 Å². The Kier molecular flexibility index (Phi) is 8.86. The highest BCUT2D eigenvalue weighted by Gasteiger charge is 2.12. The van der Waals surface area contributed by atoms with Gasteiger partial charge in [-0.25, -0.2) is 0 Å². The van der Waals surface area contributed by atoms with Gasteiger partial charge in [-0.2, -0.15) is 0 Å². The third-order valence-electron chi connectivity index (χ3n) is 4.86. The fourth-order valence-corrected chi connectivity index (χ4v) is 4.16. The van der Waals surface area contributed by atoms with Crippen molar-refractivity contribution in [2.45, 2.75) is 43.8 Å². The lowest BCUT2D eigenvalue weighted by Crippen LogP contribution is -2.12. The van der Waals surface area contributed by atoms with E-state index in [2.05, 4.69) is 24.4 Å². The summed E-state index contributed by atoms with van der Waals surface area (Å²) in [4.78, 5) is 13.9. The molecule has 162 valence electrons. The Morgan fingerprint density at radius 2 is 1.74 bits per heavy atom. The molecule has 3 aromatic carbocycles. The number of hydrogen-bond acceptors (Lipinski definition) is 3. The molecular weight excluding hydrogens is 426 g/mol. The topological polar surface area (TPSA) is 38.3 Å². The van der Waals surface area contributed by atoms with Gasteiger partial charge in [0, 0.05) is 32.5 Å². The average molecular weight is 454 g/mol. The molecule has 3 aromatic rings. The molecule has 1 amide bonds. The zero-order valence-electron chi connectivity index (χ0n) is 18.0. The summed E-state index contributed by atoms with van der Waals surface area (Å²) in [6.45, 7) is 4.73. The molecule has 3 nitrogen and oxygen atoms in total. The number of thioether (sulfide) groups is 1. The maximum atomic E-state index is 12.8. The summed E-state index contributed by atoms with van der Waals surface area (Å²) in [6, 6.07) is 21.5. The molecule has 0 bridgehead atoms. The lowest BCUT2D eigenvalue weighted by atomic mass is 10.1. The van der Waals surface area contributed by atoms with Gasteiger partial charge in [0.2, 0.25) is 0 Å². The van der Waals surface area contributed by atoms with E-state index in [4.69, 9.17) is 16.3 Å². The third-order valence-corrected chi connectivity index (χ3v) is 6.17. The summed E-state index contributed by atoms with van der Waals surface area (Å²) in [5, 5.41) is 3.72. The molecule has 1 N–H and O–H groups in total. The second kappa shape index (κ2) is 11.8. The van der Waals surface area contributed by atoms with Gasteiger partial charge in [-0.05, 0) is 79.9 Å². The standard InChI is InChI=1S/C26H28ClNO2S/c1-3-5-6-19-7-12-23(13-8-19)28-26(29)20-9-16-25(30-4-2)21(17-20)18-31-24-14-10-22(27)11-15-24/h7-17H,3-6,18H2,1-2H3,(H,28,29).